The number of carbonyl (C=O) groups is 5. The second kappa shape index (κ2) is 15.8. The molecule has 2 rings (SSSR count). The van der Waals surface area contributed by atoms with E-state index in [4.69, 9.17) is 0 Å². The van der Waals surface area contributed by atoms with Crippen molar-refractivity contribution >= 4 is 29.6 Å². The van der Waals surface area contributed by atoms with Gasteiger partial charge in [0.15, 0.2) is 0 Å². The van der Waals surface area contributed by atoms with Crippen molar-refractivity contribution in [3.05, 3.63) is 34.9 Å². The average Bonchev–Trinajstić information content (AvgIpc) is 3.11. The van der Waals surface area contributed by atoms with E-state index < -0.39 is 29.7 Å². The van der Waals surface area contributed by atoms with E-state index >= 15 is 0 Å². The first-order chi connectivity index (χ1) is 17.8. The van der Waals surface area contributed by atoms with Gasteiger partial charge in [0.25, 0.3) is 11.8 Å². The van der Waals surface area contributed by atoms with E-state index in [0.717, 1.165) is 49.8 Å². The van der Waals surface area contributed by atoms with Crippen molar-refractivity contribution < 1.29 is 29.1 Å². The molecule has 0 saturated carbocycles. The van der Waals surface area contributed by atoms with Crippen LogP contribution in [0.15, 0.2) is 18.2 Å². The summed E-state index contributed by atoms with van der Waals surface area (Å²) in [6, 6.07) is 2.64. The molecule has 37 heavy (non-hydrogen) atoms. The van der Waals surface area contributed by atoms with Crippen LogP contribution in [-0.2, 0) is 9.59 Å². The lowest BCUT2D eigenvalue weighted by Gasteiger charge is -2.23. The SMILES string of the molecule is CCCCCCCCCC(=O)N[C@@H](CN1C(=O)c2ccc(C(=O)O)cc2C1=O)C(=O)NCCCCCC. The smallest absolute Gasteiger partial charge is 0.335 e. The average molecular weight is 516 g/mol. The fraction of sp³-hybridized carbons (Fsp3) is 0.607. The molecule has 0 fully saturated rings. The molecule has 1 heterocycles. The van der Waals surface area contributed by atoms with Crippen molar-refractivity contribution in [2.75, 3.05) is 13.1 Å². The molecule has 0 bridgehead atoms. The van der Waals surface area contributed by atoms with Gasteiger partial charge in [-0.1, -0.05) is 71.6 Å². The Bertz CT molecular complexity index is 961. The number of nitrogens with one attached hydrogen (secondary N) is 2. The number of carboxylic acid groups (broad SMARTS) is 1. The third-order valence-electron chi connectivity index (χ3n) is 6.57. The monoisotopic (exact) mass is 515 g/mol. The predicted octanol–water partition coefficient (Wildman–Crippen LogP) is 4.30. The molecule has 0 aromatic heterocycles. The first-order valence-electron chi connectivity index (χ1n) is 13.6. The van der Waals surface area contributed by atoms with Gasteiger partial charge in [-0.15, -0.1) is 0 Å². The van der Waals surface area contributed by atoms with E-state index in [1.807, 2.05) is 0 Å². The second-order valence-electron chi connectivity index (χ2n) is 9.63. The van der Waals surface area contributed by atoms with Gasteiger partial charge >= 0.3 is 5.97 Å². The molecule has 3 N–H and O–H groups in total. The Morgan fingerprint density at radius 3 is 2.08 bits per heavy atom. The molecular weight excluding hydrogens is 474 g/mol. The van der Waals surface area contributed by atoms with Crippen LogP contribution in [0.3, 0.4) is 0 Å². The Morgan fingerprint density at radius 1 is 0.838 bits per heavy atom. The molecule has 0 radical (unpaired) electrons. The number of rotatable bonds is 18. The van der Waals surface area contributed by atoms with Crippen molar-refractivity contribution in [1.29, 1.82) is 0 Å². The maximum absolute atomic E-state index is 13.0. The minimum atomic E-state index is -1.21. The van der Waals surface area contributed by atoms with Crippen molar-refractivity contribution in [3.8, 4) is 0 Å². The summed E-state index contributed by atoms with van der Waals surface area (Å²) in [5.41, 5.74) is -0.0349. The van der Waals surface area contributed by atoms with Crippen LogP contribution in [0.5, 0.6) is 0 Å². The molecule has 1 aromatic rings. The number of nitrogens with zero attached hydrogens (tertiary/aromatic N) is 1. The Morgan fingerprint density at radius 2 is 1.43 bits per heavy atom. The molecule has 0 spiro atoms. The van der Waals surface area contributed by atoms with E-state index in [1.165, 1.54) is 37.5 Å². The number of unbranched alkanes of at least 4 members (excludes halogenated alkanes) is 9. The topological polar surface area (TPSA) is 133 Å². The summed E-state index contributed by atoms with van der Waals surface area (Å²) in [6.07, 6.45) is 11.6. The van der Waals surface area contributed by atoms with Crippen LogP contribution in [-0.4, -0.2) is 58.7 Å². The number of carbonyl (C=O) groups excluding carboxylic acids is 4. The first-order valence-corrected chi connectivity index (χ1v) is 13.6. The highest BCUT2D eigenvalue weighted by molar-refractivity contribution is 6.22. The Hall–Kier alpha value is -3.23. The largest absolute Gasteiger partial charge is 0.478 e. The molecule has 4 amide bonds. The number of imide groups is 1. The van der Waals surface area contributed by atoms with Gasteiger partial charge in [0.2, 0.25) is 11.8 Å². The summed E-state index contributed by atoms with van der Waals surface area (Å²) in [4.78, 5) is 63.6. The molecule has 204 valence electrons. The Kier molecular flexibility index (Phi) is 12.8. The lowest BCUT2D eigenvalue weighted by atomic mass is 10.1. The molecule has 9 nitrogen and oxygen atoms in total. The summed E-state index contributed by atoms with van der Waals surface area (Å²) >= 11 is 0. The van der Waals surface area contributed by atoms with E-state index in [-0.39, 0.29) is 35.6 Å². The minimum absolute atomic E-state index is 0.0157. The van der Waals surface area contributed by atoms with Crippen LogP contribution in [0, 0.1) is 0 Å². The zero-order valence-electron chi connectivity index (χ0n) is 22.1. The maximum Gasteiger partial charge on any atom is 0.335 e. The summed E-state index contributed by atoms with van der Waals surface area (Å²) in [7, 11) is 0. The van der Waals surface area contributed by atoms with Crippen molar-refractivity contribution in [3.63, 3.8) is 0 Å². The van der Waals surface area contributed by atoms with Gasteiger partial charge in [-0.3, -0.25) is 24.1 Å². The molecule has 0 aliphatic carbocycles. The maximum atomic E-state index is 13.0. The van der Waals surface area contributed by atoms with E-state index in [9.17, 15) is 29.1 Å². The van der Waals surface area contributed by atoms with Crippen LogP contribution in [0.2, 0.25) is 0 Å². The number of amides is 4. The minimum Gasteiger partial charge on any atom is -0.478 e. The highest BCUT2D eigenvalue weighted by Crippen LogP contribution is 2.24. The van der Waals surface area contributed by atoms with Gasteiger partial charge in [-0.2, -0.15) is 0 Å². The standard InChI is InChI=1S/C28H41N3O6/c1-3-5-7-9-10-11-12-14-24(32)30-23(25(33)29-17-13-8-6-4-2)19-31-26(34)21-16-15-20(28(36)37)18-22(21)27(31)35/h15-16,18,23H,3-14,17,19H2,1-2H3,(H,29,33)(H,30,32)(H,36,37)/t23-/m0/s1. The Balaban J connectivity index is 2.02. The van der Waals surface area contributed by atoms with Gasteiger partial charge < -0.3 is 15.7 Å². The van der Waals surface area contributed by atoms with Gasteiger partial charge in [0, 0.05) is 13.0 Å². The number of fused-ring (bicyclic) bond motifs is 1. The number of hydrogen-bond acceptors (Lipinski definition) is 5. The lowest BCUT2D eigenvalue weighted by molar-refractivity contribution is -0.129. The molecular formula is C28H41N3O6. The molecule has 1 aliphatic heterocycles. The number of carboxylic acids is 1. The predicted molar refractivity (Wildman–Crippen MR) is 140 cm³/mol. The molecule has 0 saturated heterocycles. The van der Waals surface area contributed by atoms with Gasteiger partial charge in [-0.25, -0.2) is 4.79 Å². The van der Waals surface area contributed by atoms with E-state index in [2.05, 4.69) is 24.5 Å². The van der Waals surface area contributed by atoms with Crippen LogP contribution in [0.1, 0.15) is 122 Å². The van der Waals surface area contributed by atoms with Crippen LogP contribution in [0.25, 0.3) is 0 Å². The number of hydrogen-bond donors (Lipinski definition) is 3. The quantitative estimate of drug-likeness (QED) is 0.197. The van der Waals surface area contributed by atoms with Crippen molar-refractivity contribution in [2.45, 2.75) is 96.9 Å². The fourth-order valence-electron chi connectivity index (χ4n) is 4.36. The first kappa shape index (κ1) is 30.0. The summed E-state index contributed by atoms with van der Waals surface area (Å²) in [6.45, 7) is 4.37. The highest BCUT2D eigenvalue weighted by Gasteiger charge is 2.38. The zero-order chi connectivity index (χ0) is 27.2. The molecule has 1 atom stereocenters. The summed E-state index contributed by atoms with van der Waals surface area (Å²) in [5.74, 6) is -3.25. The molecule has 1 aromatic carbocycles. The summed E-state index contributed by atoms with van der Waals surface area (Å²) < 4.78 is 0. The van der Waals surface area contributed by atoms with Crippen molar-refractivity contribution in [2.24, 2.45) is 0 Å². The second-order valence-corrected chi connectivity index (χ2v) is 9.63. The third kappa shape index (κ3) is 9.30. The third-order valence-corrected chi connectivity index (χ3v) is 6.57. The molecule has 0 unspecified atom stereocenters. The van der Waals surface area contributed by atoms with Crippen LogP contribution < -0.4 is 10.6 Å². The Labute approximate surface area is 219 Å². The van der Waals surface area contributed by atoms with E-state index in [1.54, 1.807) is 0 Å². The van der Waals surface area contributed by atoms with Crippen LogP contribution >= 0.6 is 0 Å². The molecule has 9 heteroatoms. The lowest BCUT2D eigenvalue weighted by Crippen LogP contribution is -2.53. The zero-order valence-corrected chi connectivity index (χ0v) is 22.1. The van der Waals surface area contributed by atoms with Crippen molar-refractivity contribution in [1.82, 2.24) is 15.5 Å². The van der Waals surface area contributed by atoms with Gasteiger partial charge in [0.1, 0.15) is 6.04 Å². The number of benzene rings is 1. The van der Waals surface area contributed by atoms with Gasteiger partial charge in [0.05, 0.1) is 23.2 Å². The normalized spacial score (nSPS) is 13.4. The van der Waals surface area contributed by atoms with E-state index in [0.29, 0.717) is 13.0 Å². The summed E-state index contributed by atoms with van der Waals surface area (Å²) in [5, 5.41) is 14.7. The van der Waals surface area contributed by atoms with Crippen LogP contribution in [0.4, 0.5) is 0 Å². The highest BCUT2D eigenvalue weighted by atomic mass is 16.4. The van der Waals surface area contributed by atoms with Gasteiger partial charge in [-0.05, 0) is 31.0 Å². The number of aromatic carboxylic acids is 1. The molecule has 1 aliphatic rings. The fourth-order valence-corrected chi connectivity index (χ4v) is 4.36.